The van der Waals surface area contributed by atoms with E-state index in [4.69, 9.17) is 4.74 Å². The Morgan fingerprint density at radius 3 is 2.08 bits per heavy atom. The molecule has 180 valence electrons. The van der Waals surface area contributed by atoms with Gasteiger partial charge < -0.3 is 9.84 Å². The highest BCUT2D eigenvalue weighted by Crippen LogP contribution is 2.24. The van der Waals surface area contributed by atoms with Gasteiger partial charge in [-0.2, -0.15) is 0 Å². The first-order chi connectivity index (χ1) is 17.5. The summed E-state index contributed by atoms with van der Waals surface area (Å²) in [5, 5.41) is 9.69. The van der Waals surface area contributed by atoms with E-state index in [9.17, 15) is 14.7 Å². The van der Waals surface area contributed by atoms with Crippen LogP contribution in [0.4, 0.5) is 0 Å². The van der Waals surface area contributed by atoms with E-state index in [0.717, 1.165) is 26.7 Å². The van der Waals surface area contributed by atoms with E-state index in [0.29, 0.717) is 18.4 Å². The van der Waals surface area contributed by atoms with Crippen LogP contribution in [0.25, 0.3) is 17.2 Å². The number of carboxylic acids is 1. The molecule has 4 nitrogen and oxygen atoms in total. The van der Waals surface area contributed by atoms with Gasteiger partial charge in [-0.1, -0.05) is 101 Å². The summed E-state index contributed by atoms with van der Waals surface area (Å²) < 4.78 is 6.84. The van der Waals surface area contributed by atoms with Crippen molar-refractivity contribution in [2.75, 3.05) is 0 Å². The van der Waals surface area contributed by atoms with Gasteiger partial charge in [0.1, 0.15) is 5.75 Å². The van der Waals surface area contributed by atoms with Crippen molar-refractivity contribution in [1.29, 1.82) is 0 Å². The number of allylic oxidation sites excluding steroid dienone is 1. The molecule has 0 amide bonds. The molecule has 4 aromatic carbocycles. The summed E-state index contributed by atoms with van der Waals surface area (Å²) in [4.78, 5) is 24.8. The number of hydrogen-bond acceptors (Lipinski definition) is 3. The van der Waals surface area contributed by atoms with Gasteiger partial charge in [0.15, 0.2) is 11.9 Å². The monoisotopic (exact) mass is 540 g/mol. The zero-order chi connectivity index (χ0) is 25.3. The summed E-state index contributed by atoms with van der Waals surface area (Å²) in [6.45, 7) is 0. The van der Waals surface area contributed by atoms with Crippen LogP contribution in [0.1, 0.15) is 27.9 Å². The van der Waals surface area contributed by atoms with Crippen molar-refractivity contribution in [3.05, 3.63) is 130 Å². The first-order valence-electron chi connectivity index (χ1n) is 11.6. The van der Waals surface area contributed by atoms with E-state index in [1.54, 1.807) is 30.3 Å². The summed E-state index contributed by atoms with van der Waals surface area (Å²) in [5.41, 5.74) is 4.43. The van der Waals surface area contributed by atoms with Gasteiger partial charge >= 0.3 is 5.97 Å². The minimum atomic E-state index is -1.06. The first-order valence-corrected chi connectivity index (χ1v) is 12.4. The van der Waals surface area contributed by atoms with Gasteiger partial charge in [0.25, 0.3) is 0 Å². The molecule has 0 aliphatic rings. The molecule has 36 heavy (non-hydrogen) atoms. The molecule has 0 spiro atoms. The molecule has 0 radical (unpaired) electrons. The number of rotatable bonds is 10. The number of carboxylic acid groups (broad SMARTS) is 1. The number of carbonyl (C=O) groups is 2. The van der Waals surface area contributed by atoms with Crippen LogP contribution in [-0.2, 0) is 11.2 Å². The maximum absolute atomic E-state index is 13.0. The van der Waals surface area contributed by atoms with Crippen LogP contribution in [-0.4, -0.2) is 23.0 Å². The molecule has 0 saturated carbocycles. The largest absolute Gasteiger partial charge is 0.479 e. The van der Waals surface area contributed by atoms with Crippen molar-refractivity contribution in [2.45, 2.75) is 18.9 Å². The normalized spacial score (nSPS) is 11.8. The lowest BCUT2D eigenvalue weighted by Crippen LogP contribution is -2.28. The highest BCUT2D eigenvalue weighted by atomic mass is 79.9. The quantitative estimate of drug-likeness (QED) is 0.167. The Hall–Kier alpha value is -3.96. The number of aliphatic carboxylic acids is 1. The highest BCUT2D eigenvalue weighted by molar-refractivity contribution is 9.10. The molecule has 0 fully saturated rings. The van der Waals surface area contributed by atoms with E-state index in [2.05, 4.69) is 15.9 Å². The average molecular weight is 541 g/mol. The standard InChI is InChI=1S/C31H25BrO4/c32-26-18-16-25(17-19-26)24-14-10-23(11-15-24)12-20-28(33)27-8-4-5-9-29(27)36-30(31(34)35)21-13-22-6-2-1-3-7-22/h1-12,14-20,30H,13,21H2,(H,34,35)/b20-12+. The third-order valence-electron chi connectivity index (χ3n) is 5.75. The molecule has 5 heteroatoms. The van der Waals surface area contributed by atoms with E-state index in [1.165, 1.54) is 6.08 Å². The molecule has 1 N–H and O–H groups in total. The fourth-order valence-electron chi connectivity index (χ4n) is 3.79. The molecule has 0 aliphatic heterocycles. The molecule has 1 atom stereocenters. The minimum Gasteiger partial charge on any atom is -0.479 e. The lowest BCUT2D eigenvalue weighted by atomic mass is 10.0. The van der Waals surface area contributed by atoms with E-state index >= 15 is 0 Å². The molecule has 0 saturated heterocycles. The van der Waals surface area contributed by atoms with Gasteiger partial charge in [-0.15, -0.1) is 0 Å². The molecule has 4 rings (SSSR count). The van der Waals surface area contributed by atoms with Crippen LogP contribution in [0.15, 0.2) is 114 Å². The van der Waals surface area contributed by atoms with E-state index in [1.807, 2.05) is 78.9 Å². The van der Waals surface area contributed by atoms with E-state index < -0.39 is 12.1 Å². The second-order valence-electron chi connectivity index (χ2n) is 8.29. The number of hydrogen-bond donors (Lipinski definition) is 1. The van der Waals surface area contributed by atoms with Crippen molar-refractivity contribution >= 4 is 33.8 Å². The van der Waals surface area contributed by atoms with Crippen LogP contribution in [0, 0.1) is 0 Å². The fraction of sp³-hybridized carbons (Fsp3) is 0.0968. The van der Waals surface area contributed by atoms with Gasteiger partial charge in [-0.3, -0.25) is 4.79 Å². The Morgan fingerprint density at radius 1 is 0.806 bits per heavy atom. The molecule has 0 aromatic heterocycles. The molecule has 0 aliphatic carbocycles. The second-order valence-corrected chi connectivity index (χ2v) is 9.21. The predicted octanol–water partition coefficient (Wildman–Crippen LogP) is 7.48. The van der Waals surface area contributed by atoms with Crippen molar-refractivity contribution < 1.29 is 19.4 Å². The van der Waals surface area contributed by atoms with Crippen LogP contribution >= 0.6 is 15.9 Å². The van der Waals surface area contributed by atoms with Crippen LogP contribution in [0.3, 0.4) is 0 Å². The number of ether oxygens (including phenoxy) is 1. The molecule has 0 heterocycles. The Bertz CT molecular complexity index is 1340. The van der Waals surface area contributed by atoms with Crippen molar-refractivity contribution in [1.82, 2.24) is 0 Å². The highest BCUT2D eigenvalue weighted by Gasteiger charge is 2.21. The zero-order valence-corrected chi connectivity index (χ0v) is 21.1. The molecule has 0 bridgehead atoms. The average Bonchev–Trinajstić information content (AvgIpc) is 2.91. The van der Waals surface area contributed by atoms with Gasteiger partial charge in [0.2, 0.25) is 0 Å². The van der Waals surface area contributed by atoms with Crippen LogP contribution in [0.2, 0.25) is 0 Å². The summed E-state index contributed by atoms with van der Waals surface area (Å²) in [6, 6.07) is 32.4. The minimum absolute atomic E-state index is 0.255. The number of benzene rings is 4. The molecular weight excluding hydrogens is 516 g/mol. The van der Waals surface area contributed by atoms with Gasteiger partial charge in [0, 0.05) is 4.47 Å². The second kappa shape index (κ2) is 12.1. The molecule has 4 aromatic rings. The van der Waals surface area contributed by atoms with Crippen molar-refractivity contribution in [3.8, 4) is 16.9 Å². The van der Waals surface area contributed by atoms with E-state index in [-0.39, 0.29) is 11.5 Å². The van der Waals surface area contributed by atoms with Crippen LogP contribution in [0.5, 0.6) is 5.75 Å². The Balaban J connectivity index is 1.44. The van der Waals surface area contributed by atoms with Crippen molar-refractivity contribution in [3.63, 3.8) is 0 Å². The van der Waals surface area contributed by atoms with Crippen molar-refractivity contribution in [2.24, 2.45) is 0 Å². The number of ketones is 1. The number of aryl methyl sites for hydroxylation is 1. The smallest absolute Gasteiger partial charge is 0.344 e. The zero-order valence-electron chi connectivity index (χ0n) is 19.5. The maximum atomic E-state index is 13.0. The predicted molar refractivity (Wildman–Crippen MR) is 146 cm³/mol. The number of halogens is 1. The molecule has 1 unspecified atom stereocenters. The topological polar surface area (TPSA) is 63.6 Å². The summed E-state index contributed by atoms with van der Waals surface area (Å²) in [6.07, 6.45) is 3.02. The Kier molecular flexibility index (Phi) is 8.48. The maximum Gasteiger partial charge on any atom is 0.344 e. The van der Waals surface area contributed by atoms with Gasteiger partial charge in [0.05, 0.1) is 5.56 Å². The van der Waals surface area contributed by atoms with Gasteiger partial charge in [-0.25, -0.2) is 4.79 Å². The SMILES string of the molecule is O=C(/C=C/c1ccc(-c2ccc(Br)cc2)cc1)c1ccccc1OC(CCc1ccccc1)C(=O)O. The fourth-order valence-corrected chi connectivity index (χ4v) is 4.06. The Morgan fingerprint density at radius 2 is 1.42 bits per heavy atom. The Labute approximate surface area is 219 Å². The lowest BCUT2D eigenvalue weighted by Gasteiger charge is -2.17. The lowest BCUT2D eigenvalue weighted by molar-refractivity contribution is -0.145. The summed E-state index contributed by atoms with van der Waals surface area (Å²) in [7, 11) is 0. The van der Waals surface area contributed by atoms with Crippen LogP contribution < -0.4 is 4.74 Å². The summed E-state index contributed by atoms with van der Waals surface area (Å²) in [5.74, 6) is -1.05. The first kappa shape index (κ1) is 25.1. The third-order valence-corrected chi connectivity index (χ3v) is 6.28. The van der Waals surface area contributed by atoms with Gasteiger partial charge in [-0.05, 0) is 65.4 Å². The number of para-hydroxylation sites is 1. The summed E-state index contributed by atoms with van der Waals surface area (Å²) >= 11 is 3.45. The molecular formula is C31H25BrO4. The number of carbonyl (C=O) groups excluding carboxylic acids is 1. The third kappa shape index (κ3) is 6.80.